The van der Waals surface area contributed by atoms with Crippen molar-refractivity contribution >= 4 is 0 Å². The van der Waals surface area contributed by atoms with E-state index >= 15 is 0 Å². The van der Waals surface area contributed by atoms with Gasteiger partial charge in [-0.15, -0.1) is 0 Å². The molecule has 106 valence electrons. The normalized spacial score (nSPS) is 24.6. The number of hydrogen-bond donors (Lipinski definition) is 1. The minimum Gasteiger partial charge on any atom is -0.317 e. The van der Waals surface area contributed by atoms with Gasteiger partial charge in [-0.1, -0.05) is 24.6 Å². The van der Waals surface area contributed by atoms with Crippen molar-refractivity contribution in [1.29, 1.82) is 0 Å². The van der Waals surface area contributed by atoms with E-state index in [2.05, 4.69) is 24.2 Å². The average molecular weight is 264 g/mol. The fraction of sp³-hybridized carbons (Fsp3) is 0.625. The molecule has 3 heteroatoms. The number of aryl methyl sites for hydroxylation is 1. The van der Waals surface area contributed by atoms with Gasteiger partial charge in [0.15, 0.2) is 0 Å². The molecule has 1 aromatic rings. The van der Waals surface area contributed by atoms with Crippen LogP contribution in [0.25, 0.3) is 0 Å². The lowest BCUT2D eigenvalue weighted by Crippen LogP contribution is -2.40. The van der Waals surface area contributed by atoms with Crippen LogP contribution in [0.1, 0.15) is 36.9 Å². The summed E-state index contributed by atoms with van der Waals surface area (Å²) in [5.41, 5.74) is 2.00. The van der Waals surface area contributed by atoms with Crippen molar-refractivity contribution < 1.29 is 4.39 Å². The third-order valence-corrected chi connectivity index (χ3v) is 4.13. The first-order valence-electron chi connectivity index (χ1n) is 7.30. The van der Waals surface area contributed by atoms with Crippen LogP contribution in [-0.4, -0.2) is 31.6 Å². The predicted octanol–water partition coefficient (Wildman–Crippen LogP) is 3.13. The lowest BCUT2D eigenvalue weighted by atomic mass is 9.84. The maximum absolute atomic E-state index is 14.2. The summed E-state index contributed by atoms with van der Waals surface area (Å²) >= 11 is 0. The number of nitrogens with one attached hydrogen (secondary N) is 1. The summed E-state index contributed by atoms with van der Waals surface area (Å²) in [6, 6.07) is 5.67. The van der Waals surface area contributed by atoms with E-state index in [4.69, 9.17) is 0 Å². The van der Waals surface area contributed by atoms with Crippen LogP contribution in [0, 0.1) is 18.7 Å². The van der Waals surface area contributed by atoms with E-state index < -0.39 is 0 Å². The third-order valence-electron chi connectivity index (χ3n) is 4.13. The van der Waals surface area contributed by atoms with E-state index in [-0.39, 0.29) is 11.9 Å². The number of hydrogen-bond acceptors (Lipinski definition) is 2. The summed E-state index contributed by atoms with van der Waals surface area (Å²) in [4.78, 5) is 2.31. The maximum atomic E-state index is 14.2. The Hall–Kier alpha value is -0.930. The summed E-state index contributed by atoms with van der Waals surface area (Å²) in [5, 5.41) is 3.42. The highest BCUT2D eigenvalue weighted by Gasteiger charge is 2.31. The molecule has 1 saturated heterocycles. The summed E-state index contributed by atoms with van der Waals surface area (Å²) in [6.07, 6.45) is 2.38. The highest BCUT2D eigenvalue weighted by atomic mass is 19.1. The number of halogens is 1. The standard InChI is InChI=1S/C16H25FN2/c1-4-18-11-13-6-5-9-19(3)16(13)14-10-12(2)7-8-15(14)17/h7-8,10,13,16,18H,4-6,9,11H2,1-3H3. The number of nitrogens with zero attached hydrogens (tertiary/aromatic N) is 1. The summed E-state index contributed by atoms with van der Waals surface area (Å²) in [7, 11) is 2.12. The Morgan fingerprint density at radius 3 is 2.95 bits per heavy atom. The second kappa shape index (κ2) is 6.49. The van der Waals surface area contributed by atoms with Gasteiger partial charge in [-0.05, 0) is 58.4 Å². The molecule has 2 nitrogen and oxygen atoms in total. The predicted molar refractivity (Wildman–Crippen MR) is 77.8 cm³/mol. The van der Waals surface area contributed by atoms with Crippen LogP contribution in [0.2, 0.25) is 0 Å². The van der Waals surface area contributed by atoms with E-state index in [1.807, 2.05) is 19.1 Å². The van der Waals surface area contributed by atoms with E-state index in [1.165, 1.54) is 12.8 Å². The van der Waals surface area contributed by atoms with Crippen LogP contribution in [0.4, 0.5) is 4.39 Å². The molecule has 0 bridgehead atoms. The first kappa shape index (κ1) is 14.5. The Kier molecular flexibility index (Phi) is 4.94. The Morgan fingerprint density at radius 2 is 2.21 bits per heavy atom. The molecule has 1 aliphatic rings. The number of piperidine rings is 1. The van der Waals surface area contributed by atoms with E-state index in [0.717, 1.165) is 30.8 Å². The molecule has 2 rings (SSSR count). The van der Waals surface area contributed by atoms with Gasteiger partial charge in [0.1, 0.15) is 5.82 Å². The summed E-state index contributed by atoms with van der Waals surface area (Å²) < 4.78 is 14.2. The summed E-state index contributed by atoms with van der Waals surface area (Å²) in [6.45, 7) is 7.16. The van der Waals surface area contributed by atoms with Gasteiger partial charge in [-0.25, -0.2) is 4.39 Å². The first-order valence-corrected chi connectivity index (χ1v) is 7.30. The largest absolute Gasteiger partial charge is 0.317 e. The third kappa shape index (κ3) is 3.34. The Labute approximate surface area is 116 Å². The molecular weight excluding hydrogens is 239 g/mol. The van der Waals surface area contributed by atoms with Crippen LogP contribution >= 0.6 is 0 Å². The Morgan fingerprint density at radius 1 is 1.42 bits per heavy atom. The van der Waals surface area contributed by atoms with Gasteiger partial charge in [0.25, 0.3) is 0 Å². The van der Waals surface area contributed by atoms with Gasteiger partial charge in [0, 0.05) is 11.6 Å². The van der Waals surface area contributed by atoms with E-state index in [0.29, 0.717) is 5.92 Å². The maximum Gasteiger partial charge on any atom is 0.128 e. The molecule has 1 aromatic carbocycles. The zero-order valence-electron chi connectivity index (χ0n) is 12.2. The van der Waals surface area contributed by atoms with Crippen LogP contribution in [0.15, 0.2) is 18.2 Å². The van der Waals surface area contributed by atoms with Gasteiger partial charge in [-0.3, -0.25) is 4.90 Å². The van der Waals surface area contributed by atoms with Crippen LogP contribution < -0.4 is 5.32 Å². The van der Waals surface area contributed by atoms with Crippen molar-refractivity contribution in [3.8, 4) is 0 Å². The molecular formula is C16H25FN2. The molecule has 0 aromatic heterocycles. The molecule has 19 heavy (non-hydrogen) atoms. The van der Waals surface area contributed by atoms with Crippen LogP contribution in [-0.2, 0) is 0 Å². The van der Waals surface area contributed by atoms with Crippen molar-refractivity contribution in [3.05, 3.63) is 35.1 Å². The fourth-order valence-electron chi connectivity index (χ4n) is 3.18. The van der Waals surface area contributed by atoms with Gasteiger partial charge < -0.3 is 5.32 Å². The summed E-state index contributed by atoms with van der Waals surface area (Å²) in [5.74, 6) is 0.431. The van der Waals surface area contributed by atoms with Gasteiger partial charge in [0.05, 0.1) is 0 Å². The van der Waals surface area contributed by atoms with Crippen molar-refractivity contribution in [2.24, 2.45) is 5.92 Å². The lowest BCUT2D eigenvalue weighted by molar-refractivity contribution is 0.117. The molecule has 2 atom stereocenters. The molecule has 1 heterocycles. The van der Waals surface area contributed by atoms with Crippen molar-refractivity contribution in [3.63, 3.8) is 0 Å². The fourth-order valence-corrected chi connectivity index (χ4v) is 3.18. The number of likely N-dealkylation sites (tertiary alicyclic amines) is 1. The minimum atomic E-state index is -0.0640. The van der Waals surface area contributed by atoms with Gasteiger partial charge in [-0.2, -0.15) is 0 Å². The first-order chi connectivity index (χ1) is 9.13. The molecule has 0 aliphatic carbocycles. The number of benzene rings is 1. The van der Waals surface area contributed by atoms with Gasteiger partial charge in [0.2, 0.25) is 0 Å². The Balaban J connectivity index is 2.27. The second-order valence-electron chi connectivity index (χ2n) is 5.66. The monoisotopic (exact) mass is 264 g/mol. The zero-order valence-corrected chi connectivity index (χ0v) is 12.2. The van der Waals surface area contributed by atoms with Crippen molar-refractivity contribution in [2.45, 2.75) is 32.7 Å². The second-order valence-corrected chi connectivity index (χ2v) is 5.66. The van der Waals surface area contributed by atoms with Crippen LogP contribution in [0.3, 0.4) is 0 Å². The average Bonchev–Trinajstić information content (AvgIpc) is 2.39. The van der Waals surface area contributed by atoms with E-state index in [9.17, 15) is 4.39 Å². The minimum absolute atomic E-state index is 0.0640. The molecule has 0 radical (unpaired) electrons. The molecule has 0 spiro atoms. The zero-order chi connectivity index (χ0) is 13.8. The van der Waals surface area contributed by atoms with Gasteiger partial charge >= 0.3 is 0 Å². The molecule has 0 saturated carbocycles. The molecule has 1 fully saturated rings. The topological polar surface area (TPSA) is 15.3 Å². The molecule has 1 N–H and O–H groups in total. The van der Waals surface area contributed by atoms with E-state index in [1.54, 1.807) is 6.07 Å². The Bertz CT molecular complexity index is 419. The highest BCUT2D eigenvalue weighted by molar-refractivity contribution is 5.28. The molecule has 2 unspecified atom stereocenters. The lowest BCUT2D eigenvalue weighted by Gasteiger charge is -2.40. The van der Waals surface area contributed by atoms with Crippen LogP contribution in [0.5, 0.6) is 0 Å². The number of rotatable bonds is 4. The quantitative estimate of drug-likeness (QED) is 0.899. The highest BCUT2D eigenvalue weighted by Crippen LogP contribution is 2.36. The van der Waals surface area contributed by atoms with Crippen molar-refractivity contribution in [1.82, 2.24) is 10.2 Å². The molecule has 1 aliphatic heterocycles. The SMILES string of the molecule is CCNCC1CCCN(C)C1c1cc(C)ccc1F. The molecule has 0 amide bonds. The smallest absolute Gasteiger partial charge is 0.128 e. The van der Waals surface area contributed by atoms with Crippen molar-refractivity contribution in [2.75, 3.05) is 26.7 Å².